The Morgan fingerprint density at radius 3 is 2.72 bits per heavy atom. The molecule has 0 atom stereocenters. The first kappa shape index (κ1) is 20.0. The van der Waals surface area contributed by atoms with Crippen LogP contribution >= 0.6 is 23.1 Å². The number of benzene rings is 1. The third-order valence-electron chi connectivity index (χ3n) is 5.10. The zero-order valence-corrected chi connectivity index (χ0v) is 18.0. The maximum atomic E-state index is 12.3. The summed E-state index contributed by atoms with van der Waals surface area (Å²) in [7, 11) is 1.93. The fourth-order valence-corrected chi connectivity index (χ4v) is 5.15. The number of carbonyl (C=O) groups excluding carboxylic acids is 1. The van der Waals surface area contributed by atoms with E-state index in [9.17, 15) is 4.79 Å². The van der Waals surface area contributed by atoms with Gasteiger partial charge in [0.05, 0.1) is 5.75 Å². The Morgan fingerprint density at radius 2 is 1.93 bits per heavy atom. The highest BCUT2D eigenvalue weighted by Gasteiger charge is 2.20. The highest BCUT2D eigenvalue weighted by Crippen LogP contribution is 2.35. The predicted octanol–water partition coefficient (Wildman–Crippen LogP) is 4.04. The summed E-state index contributed by atoms with van der Waals surface area (Å²) in [5.74, 6) is 1.53. The van der Waals surface area contributed by atoms with E-state index in [1.807, 2.05) is 29.8 Å². The maximum absolute atomic E-state index is 12.3. The number of rotatable bonds is 7. The molecule has 0 spiro atoms. The Labute approximate surface area is 178 Å². The van der Waals surface area contributed by atoms with Gasteiger partial charge in [-0.2, -0.15) is 0 Å². The lowest BCUT2D eigenvalue weighted by molar-refractivity contribution is -0.113. The van der Waals surface area contributed by atoms with Crippen LogP contribution in [0.25, 0.3) is 0 Å². The van der Waals surface area contributed by atoms with Crippen molar-refractivity contribution >= 4 is 34.1 Å². The van der Waals surface area contributed by atoms with Crippen molar-refractivity contribution in [1.29, 1.82) is 0 Å². The minimum Gasteiger partial charge on any atom is -0.309 e. The smallest absolute Gasteiger partial charge is 0.236 e. The fraction of sp³-hybridized carbons (Fsp3) is 0.450. The summed E-state index contributed by atoms with van der Waals surface area (Å²) in [6.07, 6.45) is 6.89. The highest BCUT2D eigenvalue weighted by atomic mass is 32.2. The lowest BCUT2D eigenvalue weighted by Gasteiger charge is -2.18. The number of nitrogens with one attached hydrogen (secondary N) is 1. The van der Waals surface area contributed by atoms with E-state index in [1.54, 1.807) is 0 Å². The van der Waals surface area contributed by atoms with E-state index in [2.05, 4.69) is 37.8 Å². The summed E-state index contributed by atoms with van der Waals surface area (Å²) in [5.41, 5.74) is 1.18. The third kappa shape index (κ3) is 5.22. The van der Waals surface area contributed by atoms with Crippen LogP contribution in [0.5, 0.6) is 0 Å². The van der Waals surface area contributed by atoms with Gasteiger partial charge in [0.1, 0.15) is 10.8 Å². The number of thioether (sulfide) groups is 1. The topological polar surface area (TPSA) is 85.6 Å². The van der Waals surface area contributed by atoms with E-state index in [4.69, 9.17) is 0 Å². The van der Waals surface area contributed by atoms with Crippen LogP contribution < -0.4 is 5.32 Å². The Morgan fingerprint density at radius 1 is 1.14 bits per heavy atom. The van der Waals surface area contributed by atoms with E-state index in [0.29, 0.717) is 17.5 Å². The molecule has 1 aliphatic rings. The second-order valence-corrected chi connectivity index (χ2v) is 9.19. The summed E-state index contributed by atoms with van der Waals surface area (Å²) in [4.78, 5) is 12.3. The Hall–Kier alpha value is -2.26. The minimum absolute atomic E-state index is 0.103. The van der Waals surface area contributed by atoms with Gasteiger partial charge in [-0.25, -0.2) is 0 Å². The number of carbonyl (C=O) groups is 1. The molecule has 0 radical (unpaired) electrons. The zero-order chi connectivity index (χ0) is 20.1. The van der Waals surface area contributed by atoms with E-state index in [-0.39, 0.29) is 11.7 Å². The quantitative estimate of drug-likeness (QED) is 0.572. The minimum atomic E-state index is -0.103. The van der Waals surface area contributed by atoms with Crippen molar-refractivity contribution in [2.75, 3.05) is 11.1 Å². The molecule has 1 aliphatic carbocycles. The SMILES string of the molecule is Cn1c(Cc2ccccc2)nnc1SCC(=O)Nc1nnc(C2CCCCC2)s1. The molecule has 7 nitrogen and oxygen atoms in total. The van der Waals surface area contributed by atoms with Crippen LogP contribution in [0.1, 0.15) is 54.4 Å². The second-order valence-electron chi connectivity index (χ2n) is 7.24. The van der Waals surface area contributed by atoms with Crippen molar-refractivity contribution < 1.29 is 4.79 Å². The van der Waals surface area contributed by atoms with Crippen molar-refractivity contribution in [1.82, 2.24) is 25.0 Å². The molecule has 3 aromatic rings. The van der Waals surface area contributed by atoms with E-state index >= 15 is 0 Å². The first-order valence-corrected chi connectivity index (χ1v) is 11.7. The molecule has 9 heteroatoms. The molecular formula is C20H24N6OS2. The number of anilines is 1. The molecule has 1 saturated carbocycles. The monoisotopic (exact) mass is 428 g/mol. The molecule has 152 valence electrons. The summed E-state index contributed by atoms with van der Waals surface area (Å²) in [6.45, 7) is 0. The number of hydrogen-bond acceptors (Lipinski definition) is 7. The van der Waals surface area contributed by atoms with Gasteiger partial charge in [-0.05, 0) is 18.4 Å². The van der Waals surface area contributed by atoms with Crippen LogP contribution in [0.4, 0.5) is 5.13 Å². The van der Waals surface area contributed by atoms with Crippen LogP contribution in [0, 0.1) is 0 Å². The molecule has 29 heavy (non-hydrogen) atoms. The van der Waals surface area contributed by atoms with Crippen molar-refractivity contribution in [3.63, 3.8) is 0 Å². The van der Waals surface area contributed by atoms with Crippen LogP contribution in [0.3, 0.4) is 0 Å². The first-order valence-electron chi connectivity index (χ1n) is 9.87. The lowest BCUT2D eigenvalue weighted by atomic mass is 9.90. The first-order chi connectivity index (χ1) is 14.2. The fourth-order valence-electron chi connectivity index (χ4n) is 3.49. The van der Waals surface area contributed by atoms with Crippen molar-refractivity contribution in [3.8, 4) is 0 Å². The van der Waals surface area contributed by atoms with E-state index in [0.717, 1.165) is 16.0 Å². The summed E-state index contributed by atoms with van der Waals surface area (Å²) in [6, 6.07) is 10.2. The van der Waals surface area contributed by atoms with Crippen molar-refractivity contribution in [2.24, 2.45) is 7.05 Å². The molecule has 2 aromatic heterocycles. The van der Waals surface area contributed by atoms with Crippen molar-refractivity contribution in [3.05, 3.63) is 46.7 Å². The van der Waals surface area contributed by atoms with Crippen LogP contribution in [0.15, 0.2) is 35.5 Å². The normalized spacial score (nSPS) is 14.8. The molecule has 1 N–H and O–H groups in total. The maximum Gasteiger partial charge on any atom is 0.236 e. The number of hydrogen-bond donors (Lipinski definition) is 1. The Kier molecular flexibility index (Phi) is 6.56. The zero-order valence-electron chi connectivity index (χ0n) is 16.4. The van der Waals surface area contributed by atoms with Gasteiger partial charge >= 0.3 is 0 Å². The summed E-state index contributed by atoms with van der Waals surface area (Å²) in [5, 5.41) is 22.2. The molecule has 0 saturated heterocycles. The molecule has 1 amide bonds. The summed E-state index contributed by atoms with van der Waals surface area (Å²) >= 11 is 2.88. The average Bonchev–Trinajstić information content (AvgIpc) is 3.35. The number of aromatic nitrogens is 5. The highest BCUT2D eigenvalue weighted by molar-refractivity contribution is 7.99. The number of amides is 1. The van der Waals surface area contributed by atoms with E-state index in [1.165, 1.54) is 60.8 Å². The molecule has 1 aromatic carbocycles. The lowest BCUT2D eigenvalue weighted by Crippen LogP contribution is -2.14. The largest absolute Gasteiger partial charge is 0.309 e. The van der Waals surface area contributed by atoms with Gasteiger partial charge in [0.25, 0.3) is 0 Å². The molecule has 2 heterocycles. The molecular weight excluding hydrogens is 404 g/mol. The molecule has 1 fully saturated rings. The molecule has 0 aliphatic heterocycles. The van der Waals surface area contributed by atoms with Gasteiger partial charge in [-0.3, -0.25) is 10.1 Å². The average molecular weight is 429 g/mol. The van der Waals surface area contributed by atoms with Gasteiger partial charge in [0, 0.05) is 19.4 Å². The van der Waals surface area contributed by atoms with Gasteiger partial charge in [-0.15, -0.1) is 20.4 Å². The van der Waals surface area contributed by atoms with Gasteiger partial charge in [-0.1, -0.05) is 72.7 Å². The standard InChI is InChI=1S/C20H24N6OS2/c1-26-16(12-14-8-4-2-5-9-14)22-25-20(26)28-13-17(27)21-19-24-23-18(29-19)15-10-6-3-7-11-15/h2,4-5,8-9,15H,3,6-7,10-13H2,1H3,(H,21,24,27). The molecule has 0 unspecified atom stereocenters. The third-order valence-corrected chi connectivity index (χ3v) is 7.13. The number of nitrogens with zero attached hydrogens (tertiary/aromatic N) is 5. The van der Waals surface area contributed by atoms with E-state index < -0.39 is 0 Å². The van der Waals surface area contributed by atoms with Gasteiger partial charge in [0.2, 0.25) is 11.0 Å². The Bertz CT molecular complexity index is 949. The second kappa shape index (κ2) is 9.49. The molecule has 0 bridgehead atoms. The molecule has 4 rings (SSSR count). The predicted molar refractivity (Wildman–Crippen MR) is 115 cm³/mol. The van der Waals surface area contributed by atoms with Crippen LogP contribution in [0.2, 0.25) is 0 Å². The van der Waals surface area contributed by atoms with Gasteiger partial charge in [0.15, 0.2) is 5.16 Å². The summed E-state index contributed by atoms with van der Waals surface area (Å²) < 4.78 is 1.94. The Balaban J connectivity index is 1.29. The van der Waals surface area contributed by atoms with Crippen LogP contribution in [-0.2, 0) is 18.3 Å². The van der Waals surface area contributed by atoms with Crippen LogP contribution in [-0.4, -0.2) is 36.6 Å². The van der Waals surface area contributed by atoms with Gasteiger partial charge < -0.3 is 4.57 Å². The van der Waals surface area contributed by atoms with Crippen molar-refractivity contribution in [2.45, 2.75) is 49.6 Å².